The zero-order valence-corrected chi connectivity index (χ0v) is 13.7. The van der Waals surface area contributed by atoms with Crippen LogP contribution >= 0.6 is 11.3 Å². The van der Waals surface area contributed by atoms with Gasteiger partial charge in [0, 0.05) is 31.9 Å². The lowest BCUT2D eigenvalue weighted by molar-refractivity contribution is -0.124. The van der Waals surface area contributed by atoms with Gasteiger partial charge >= 0.3 is 0 Å². The van der Waals surface area contributed by atoms with Crippen LogP contribution in [0.15, 0.2) is 0 Å². The monoisotopic (exact) mass is 326 g/mol. The topological polar surface area (TPSA) is 93.2 Å². The van der Waals surface area contributed by atoms with Crippen molar-refractivity contribution in [1.29, 1.82) is 0 Å². The van der Waals surface area contributed by atoms with Crippen LogP contribution in [0.4, 0.5) is 5.13 Å². The predicted molar refractivity (Wildman–Crippen MR) is 83.8 cm³/mol. The molecule has 1 saturated heterocycles. The third kappa shape index (κ3) is 5.34. The van der Waals surface area contributed by atoms with E-state index in [0.717, 1.165) is 24.5 Å². The van der Waals surface area contributed by atoms with Gasteiger partial charge < -0.3 is 15.4 Å². The Morgan fingerprint density at radius 2 is 2.09 bits per heavy atom. The first-order valence-electron chi connectivity index (χ1n) is 7.56. The molecule has 2 N–H and O–H groups in total. The van der Waals surface area contributed by atoms with Gasteiger partial charge in [-0.15, -0.1) is 10.2 Å². The highest BCUT2D eigenvalue weighted by Crippen LogP contribution is 2.22. The minimum Gasteiger partial charge on any atom is -0.376 e. The van der Waals surface area contributed by atoms with Gasteiger partial charge in [-0.2, -0.15) is 0 Å². The van der Waals surface area contributed by atoms with Gasteiger partial charge in [-0.25, -0.2) is 0 Å². The number of aromatic nitrogens is 2. The minimum absolute atomic E-state index is 0.119. The maximum atomic E-state index is 11.8. The number of ether oxygens (including phenoxy) is 1. The van der Waals surface area contributed by atoms with E-state index in [9.17, 15) is 9.59 Å². The van der Waals surface area contributed by atoms with Crippen molar-refractivity contribution in [2.75, 3.05) is 18.5 Å². The molecule has 1 aromatic rings. The van der Waals surface area contributed by atoms with Crippen LogP contribution in [-0.2, 0) is 14.3 Å². The van der Waals surface area contributed by atoms with Crippen molar-refractivity contribution in [3.8, 4) is 0 Å². The standard InChI is InChI=1S/C14H22N4O3S/c1-9(2)13-17-18-14(22-13)16-12(20)6-5-11(19)15-8-10-4-3-7-21-10/h9-10H,3-8H2,1-2H3,(H,15,19)(H,16,18,20)/t10-/m1/s1. The average Bonchev–Trinajstić information content (AvgIpc) is 3.14. The Hall–Kier alpha value is -1.54. The van der Waals surface area contributed by atoms with Crippen LogP contribution in [0, 0.1) is 0 Å². The molecule has 0 saturated carbocycles. The lowest BCUT2D eigenvalue weighted by Gasteiger charge is -2.10. The van der Waals surface area contributed by atoms with Crippen LogP contribution in [0.25, 0.3) is 0 Å². The lowest BCUT2D eigenvalue weighted by atomic mass is 10.2. The fourth-order valence-electron chi connectivity index (χ4n) is 2.05. The van der Waals surface area contributed by atoms with Gasteiger partial charge in [0.25, 0.3) is 0 Å². The minimum atomic E-state index is -0.223. The SMILES string of the molecule is CC(C)c1nnc(NC(=O)CCC(=O)NC[C@H]2CCCO2)s1. The summed E-state index contributed by atoms with van der Waals surface area (Å²) in [6, 6.07) is 0. The lowest BCUT2D eigenvalue weighted by Crippen LogP contribution is -2.32. The summed E-state index contributed by atoms with van der Waals surface area (Å²) >= 11 is 1.36. The van der Waals surface area contributed by atoms with E-state index in [0.29, 0.717) is 11.7 Å². The van der Waals surface area contributed by atoms with E-state index in [2.05, 4.69) is 20.8 Å². The molecule has 7 nitrogen and oxygen atoms in total. The summed E-state index contributed by atoms with van der Waals surface area (Å²) in [5.74, 6) is -0.0729. The molecule has 22 heavy (non-hydrogen) atoms. The second-order valence-corrected chi connectivity index (χ2v) is 6.60. The maximum Gasteiger partial charge on any atom is 0.226 e. The van der Waals surface area contributed by atoms with Crippen molar-refractivity contribution in [2.24, 2.45) is 0 Å². The predicted octanol–water partition coefficient (Wildman–Crippen LogP) is 1.68. The molecular weight excluding hydrogens is 304 g/mol. The van der Waals surface area contributed by atoms with Crippen LogP contribution < -0.4 is 10.6 Å². The van der Waals surface area contributed by atoms with Crippen molar-refractivity contribution in [3.63, 3.8) is 0 Å². The normalized spacial score (nSPS) is 17.7. The van der Waals surface area contributed by atoms with Gasteiger partial charge in [-0.1, -0.05) is 25.2 Å². The van der Waals surface area contributed by atoms with E-state index in [1.165, 1.54) is 11.3 Å². The Bertz CT molecular complexity index is 512. The van der Waals surface area contributed by atoms with E-state index < -0.39 is 0 Å². The Kier molecular flexibility index (Phi) is 6.26. The van der Waals surface area contributed by atoms with Crippen LogP contribution in [0.1, 0.15) is 50.5 Å². The second-order valence-electron chi connectivity index (χ2n) is 5.59. The van der Waals surface area contributed by atoms with Crippen LogP contribution in [-0.4, -0.2) is 41.3 Å². The highest BCUT2D eigenvalue weighted by Gasteiger charge is 2.16. The third-order valence-electron chi connectivity index (χ3n) is 3.31. The van der Waals surface area contributed by atoms with E-state index >= 15 is 0 Å². The van der Waals surface area contributed by atoms with Crippen molar-refractivity contribution >= 4 is 28.3 Å². The van der Waals surface area contributed by atoms with E-state index in [4.69, 9.17) is 4.74 Å². The van der Waals surface area contributed by atoms with Gasteiger partial charge in [-0.3, -0.25) is 9.59 Å². The number of hydrogen-bond donors (Lipinski definition) is 2. The molecule has 2 heterocycles. The van der Waals surface area contributed by atoms with Gasteiger partial charge in [-0.05, 0) is 12.8 Å². The summed E-state index contributed by atoms with van der Waals surface area (Å²) in [4.78, 5) is 23.5. The summed E-state index contributed by atoms with van der Waals surface area (Å²) in [6.07, 6.45) is 2.44. The number of anilines is 1. The van der Waals surface area contributed by atoms with Crippen molar-refractivity contribution in [2.45, 2.75) is 51.6 Å². The van der Waals surface area contributed by atoms with Crippen LogP contribution in [0.3, 0.4) is 0 Å². The van der Waals surface area contributed by atoms with E-state index in [1.807, 2.05) is 13.8 Å². The van der Waals surface area contributed by atoms with Gasteiger partial charge in [0.2, 0.25) is 16.9 Å². The molecule has 0 unspecified atom stereocenters. The number of nitrogens with zero attached hydrogens (tertiary/aromatic N) is 2. The molecule has 2 rings (SSSR count). The number of nitrogens with one attached hydrogen (secondary N) is 2. The Morgan fingerprint density at radius 1 is 1.32 bits per heavy atom. The van der Waals surface area contributed by atoms with E-state index in [-0.39, 0.29) is 36.7 Å². The molecular formula is C14H22N4O3S. The fraction of sp³-hybridized carbons (Fsp3) is 0.714. The highest BCUT2D eigenvalue weighted by atomic mass is 32.1. The Morgan fingerprint density at radius 3 is 2.73 bits per heavy atom. The third-order valence-corrected chi connectivity index (χ3v) is 4.45. The molecule has 1 fully saturated rings. The Labute approximate surface area is 133 Å². The first kappa shape index (κ1) is 16.8. The molecule has 1 aromatic heterocycles. The second kappa shape index (κ2) is 8.19. The first-order chi connectivity index (χ1) is 10.5. The summed E-state index contributed by atoms with van der Waals surface area (Å²) < 4.78 is 5.42. The summed E-state index contributed by atoms with van der Waals surface area (Å²) in [7, 11) is 0. The largest absolute Gasteiger partial charge is 0.376 e. The van der Waals surface area contributed by atoms with Crippen LogP contribution in [0.5, 0.6) is 0 Å². The average molecular weight is 326 g/mol. The maximum absolute atomic E-state index is 11.8. The van der Waals surface area contributed by atoms with Crippen molar-refractivity contribution in [1.82, 2.24) is 15.5 Å². The van der Waals surface area contributed by atoms with Crippen molar-refractivity contribution < 1.29 is 14.3 Å². The zero-order chi connectivity index (χ0) is 15.9. The van der Waals surface area contributed by atoms with Gasteiger partial charge in [0.05, 0.1) is 6.10 Å². The van der Waals surface area contributed by atoms with Gasteiger partial charge in [0.1, 0.15) is 5.01 Å². The van der Waals surface area contributed by atoms with Crippen LogP contribution in [0.2, 0.25) is 0 Å². The van der Waals surface area contributed by atoms with Gasteiger partial charge in [0.15, 0.2) is 0 Å². The molecule has 1 aliphatic heterocycles. The molecule has 0 radical (unpaired) electrons. The summed E-state index contributed by atoms with van der Waals surface area (Å²) in [5, 5.41) is 14.7. The summed E-state index contributed by atoms with van der Waals surface area (Å²) in [6.45, 7) is 5.33. The number of hydrogen-bond acceptors (Lipinski definition) is 6. The smallest absolute Gasteiger partial charge is 0.226 e. The molecule has 0 aliphatic carbocycles. The first-order valence-corrected chi connectivity index (χ1v) is 8.38. The number of carbonyl (C=O) groups is 2. The Balaban J connectivity index is 1.64. The molecule has 122 valence electrons. The molecule has 2 amide bonds. The fourth-order valence-corrected chi connectivity index (χ4v) is 2.81. The van der Waals surface area contributed by atoms with E-state index in [1.54, 1.807) is 0 Å². The summed E-state index contributed by atoms with van der Waals surface area (Å²) in [5.41, 5.74) is 0. The molecule has 0 spiro atoms. The highest BCUT2D eigenvalue weighted by molar-refractivity contribution is 7.15. The molecule has 0 bridgehead atoms. The molecule has 8 heteroatoms. The number of carbonyl (C=O) groups excluding carboxylic acids is 2. The number of amides is 2. The molecule has 1 aliphatic rings. The zero-order valence-electron chi connectivity index (χ0n) is 12.9. The molecule has 1 atom stereocenters. The quantitative estimate of drug-likeness (QED) is 0.795. The number of rotatable bonds is 7. The van der Waals surface area contributed by atoms with Crippen molar-refractivity contribution in [3.05, 3.63) is 5.01 Å². The molecule has 0 aromatic carbocycles.